The molecule has 0 aliphatic carbocycles. The first-order chi connectivity index (χ1) is 5.66. The first kappa shape index (κ1) is 8.12. The summed E-state index contributed by atoms with van der Waals surface area (Å²) in [5, 5.41) is 10.7. The quantitative estimate of drug-likeness (QED) is 0.671. The van der Waals surface area contributed by atoms with Crippen molar-refractivity contribution < 1.29 is 5.11 Å². The molecule has 0 atom stereocenters. The van der Waals surface area contributed by atoms with Crippen LogP contribution in [0.15, 0.2) is 4.79 Å². The summed E-state index contributed by atoms with van der Waals surface area (Å²) in [6, 6.07) is -0.582. The molecule has 2 heterocycles. The molecule has 2 rings (SSSR count). The fourth-order valence-corrected chi connectivity index (χ4v) is 3.60. The van der Waals surface area contributed by atoms with Gasteiger partial charge in [-0.05, 0) is 0 Å². The molecule has 0 saturated heterocycles. The third kappa shape index (κ3) is 1.25. The van der Waals surface area contributed by atoms with Gasteiger partial charge < -0.3 is 0 Å². The Morgan fingerprint density at radius 3 is 3.00 bits per heavy atom. The van der Waals surface area contributed by atoms with Gasteiger partial charge in [0.25, 0.3) is 0 Å². The van der Waals surface area contributed by atoms with Gasteiger partial charge in [-0.1, -0.05) is 0 Å². The summed E-state index contributed by atoms with van der Waals surface area (Å²) in [4.78, 5) is 17.4. The van der Waals surface area contributed by atoms with E-state index in [1.807, 2.05) is 0 Å². The summed E-state index contributed by atoms with van der Waals surface area (Å²) < 4.78 is 1.40. The fraction of sp³-hybridized carbons (Fsp3) is 0. The van der Waals surface area contributed by atoms with Crippen LogP contribution in [0.25, 0.3) is 9.53 Å². The molecule has 2 aromatic rings. The Morgan fingerprint density at radius 1 is 1.50 bits per heavy atom. The number of nitrogens with one attached hydrogen (secondary N) is 1. The van der Waals surface area contributed by atoms with Crippen LogP contribution in [-0.4, -0.2) is 25.5 Å². The van der Waals surface area contributed by atoms with Crippen molar-refractivity contribution in [3.05, 3.63) is 13.0 Å². The molecule has 2 aromatic heterocycles. The topological polar surface area (TPSA) is 68.8 Å². The number of aromatic amines is 1. The molecule has 12 heavy (non-hydrogen) atoms. The second-order valence-electron chi connectivity index (χ2n) is 1.96. The van der Waals surface area contributed by atoms with E-state index in [0.717, 1.165) is 2.69 Å². The van der Waals surface area contributed by atoms with Gasteiger partial charge in [0.2, 0.25) is 0 Å². The molecular formula is C5HN2O2S2Se-. The van der Waals surface area contributed by atoms with Crippen molar-refractivity contribution in [1.82, 2.24) is 9.97 Å². The van der Waals surface area contributed by atoms with E-state index in [1.165, 1.54) is 22.7 Å². The van der Waals surface area contributed by atoms with Crippen LogP contribution in [0.5, 0.6) is 6.01 Å². The van der Waals surface area contributed by atoms with Gasteiger partial charge in [-0.25, -0.2) is 0 Å². The van der Waals surface area contributed by atoms with Gasteiger partial charge in [-0.15, -0.1) is 0 Å². The summed E-state index contributed by atoms with van der Waals surface area (Å²) in [6.45, 7) is 0. The van der Waals surface area contributed by atoms with Gasteiger partial charge in [-0.2, -0.15) is 0 Å². The van der Waals surface area contributed by atoms with Gasteiger partial charge in [-0.3, -0.25) is 0 Å². The molecule has 0 fully saturated rings. The van der Waals surface area contributed by atoms with Crippen LogP contribution >= 0.6 is 22.7 Å². The van der Waals surface area contributed by atoms with Crippen molar-refractivity contribution in [2.24, 2.45) is 0 Å². The molecule has 0 unspecified atom stereocenters. The third-order valence-electron chi connectivity index (χ3n) is 1.19. The second kappa shape index (κ2) is 2.77. The maximum atomic E-state index is 11.1. The number of fused-ring (bicyclic) bond motifs is 1. The summed E-state index contributed by atoms with van der Waals surface area (Å²) in [5.41, 5.74) is -0.354. The first-order valence-corrected chi connectivity index (χ1v) is 5.37. The SMILES string of the molecule is O=c1[nH]c([O-])nc2sc(=[Se])sc12. The van der Waals surface area contributed by atoms with Crippen LogP contribution in [0.4, 0.5) is 0 Å². The monoisotopic (exact) mass is 265 g/mol. The predicted octanol–water partition coefficient (Wildman–Crippen LogP) is -0.180. The summed E-state index contributed by atoms with van der Waals surface area (Å²) >= 11 is 5.40. The van der Waals surface area contributed by atoms with Crippen LogP contribution in [0, 0.1) is 2.69 Å². The van der Waals surface area contributed by atoms with E-state index in [1.54, 1.807) is 0 Å². The van der Waals surface area contributed by atoms with E-state index in [9.17, 15) is 9.90 Å². The van der Waals surface area contributed by atoms with Crippen LogP contribution in [-0.2, 0) is 0 Å². The van der Waals surface area contributed by atoms with Crippen LogP contribution in [0.3, 0.4) is 0 Å². The van der Waals surface area contributed by atoms with Gasteiger partial charge >= 0.3 is 81.9 Å². The molecule has 4 nitrogen and oxygen atoms in total. The predicted molar refractivity (Wildman–Crippen MR) is 46.6 cm³/mol. The molecule has 0 radical (unpaired) electrons. The zero-order valence-electron chi connectivity index (χ0n) is 5.49. The molecule has 0 bridgehead atoms. The summed E-state index contributed by atoms with van der Waals surface area (Å²) in [5.74, 6) is 0. The van der Waals surface area contributed by atoms with Gasteiger partial charge in [0.05, 0.1) is 0 Å². The van der Waals surface area contributed by atoms with E-state index in [2.05, 4.69) is 25.5 Å². The Labute approximate surface area is 81.9 Å². The molecule has 1 N–H and O–H groups in total. The Kier molecular flexibility index (Phi) is 1.88. The minimum atomic E-state index is -0.582. The van der Waals surface area contributed by atoms with Crippen molar-refractivity contribution in [2.75, 3.05) is 0 Å². The van der Waals surface area contributed by atoms with E-state index < -0.39 is 6.01 Å². The average Bonchev–Trinajstić information content (AvgIpc) is 2.29. The maximum absolute atomic E-state index is 11.1. The van der Waals surface area contributed by atoms with Crippen molar-refractivity contribution >= 4 is 47.8 Å². The number of hydrogen-bond acceptors (Lipinski definition) is 5. The molecule has 0 aliphatic rings. The van der Waals surface area contributed by atoms with E-state index >= 15 is 0 Å². The van der Waals surface area contributed by atoms with Crippen molar-refractivity contribution in [1.29, 1.82) is 0 Å². The Morgan fingerprint density at radius 2 is 2.25 bits per heavy atom. The Bertz CT molecular complexity index is 540. The number of H-pyrrole nitrogens is 1. The minimum absolute atomic E-state index is 0.354. The second-order valence-corrected chi connectivity index (χ2v) is 6.26. The Balaban J connectivity index is 3.08. The van der Waals surface area contributed by atoms with E-state index in [4.69, 9.17) is 0 Å². The summed E-state index contributed by atoms with van der Waals surface area (Å²) in [7, 11) is 0. The zero-order valence-corrected chi connectivity index (χ0v) is 8.83. The fourth-order valence-electron chi connectivity index (χ4n) is 0.764. The van der Waals surface area contributed by atoms with Crippen LogP contribution in [0.1, 0.15) is 0 Å². The molecule has 7 heteroatoms. The third-order valence-corrected chi connectivity index (χ3v) is 4.27. The molecule has 62 valence electrons. The number of aromatic nitrogens is 2. The number of rotatable bonds is 0. The Hall–Kier alpha value is -0.491. The van der Waals surface area contributed by atoms with Crippen LogP contribution < -0.4 is 10.7 Å². The zero-order chi connectivity index (χ0) is 8.72. The van der Waals surface area contributed by atoms with Gasteiger partial charge in [0.1, 0.15) is 0 Å². The normalized spacial score (nSPS) is 10.7. The number of hydrogen-bond donors (Lipinski definition) is 1. The van der Waals surface area contributed by atoms with Crippen LogP contribution in [0.2, 0.25) is 0 Å². The number of nitrogens with zero attached hydrogens (tertiary/aromatic N) is 1. The standard InChI is InChI=1S/C5H2N2O2S2Se/c8-2-1-3(7-4(9)6-2)11-5(12)10-1/h(H2,6,7,8,9)/p-1. The van der Waals surface area contributed by atoms with Crippen molar-refractivity contribution in [2.45, 2.75) is 0 Å². The molecule has 0 saturated carbocycles. The molecule has 0 amide bonds. The van der Waals surface area contributed by atoms with Crippen molar-refractivity contribution in [3.8, 4) is 6.01 Å². The summed E-state index contributed by atoms with van der Waals surface area (Å²) in [6.07, 6.45) is 0. The van der Waals surface area contributed by atoms with Crippen molar-refractivity contribution in [3.63, 3.8) is 0 Å². The van der Waals surface area contributed by atoms with Gasteiger partial charge in [0, 0.05) is 0 Å². The molecular weight excluding hydrogens is 263 g/mol. The first-order valence-electron chi connectivity index (χ1n) is 2.88. The molecule has 0 spiro atoms. The van der Waals surface area contributed by atoms with Gasteiger partial charge in [0.15, 0.2) is 0 Å². The molecule has 0 aliphatic heterocycles. The van der Waals surface area contributed by atoms with E-state index in [-0.39, 0.29) is 5.56 Å². The average molecular weight is 264 g/mol. The molecule has 0 aromatic carbocycles. The van der Waals surface area contributed by atoms with E-state index in [0.29, 0.717) is 9.53 Å².